The first-order chi connectivity index (χ1) is 37.9. The van der Waals surface area contributed by atoms with Crippen LogP contribution in [0.1, 0.15) is 28.8 Å². The fourth-order valence-electron chi connectivity index (χ4n) is 9.76. The zero-order valence-electron chi connectivity index (χ0n) is 45.0. The van der Waals surface area contributed by atoms with Crippen LogP contribution in [0.15, 0.2) is 60.8 Å². The number of nitriles is 1. The molecule has 2 aromatic carbocycles. The molecule has 3 aromatic rings. The summed E-state index contributed by atoms with van der Waals surface area (Å²) in [7, 11) is -1.39. The first-order valence-electron chi connectivity index (χ1n) is 26.2. The lowest BCUT2D eigenvalue weighted by Crippen LogP contribution is -2.53. The molecule has 434 valence electrons. The normalized spacial score (nSPS) is 18.5. The topological polar surface area (TPSA) is 301 Å². The van der Waals surface area contributed by atoms with E-state index in [1.54, 1.807) is 56.0 Å². The van der Waals surface area contributed by atoms with Crippen LogP contribution in [0.5, 0.6) is 0 Å². The maximum Gasteiger partial charge on any atom is 0.317 e. The van der Waals surface area contributed by atoms with E-state index in [4.69, 9.17) is 0 Å². The number of likely N-dealkylation sites (tertiary alicyclic amines) is 1. The summed E-state index contributed by atoms with van der Waals surface area (Å²) < 4.78 is 51.4. The number of anilines is 1. The van der Waals surface area contributed by atoms with E-state index in [0.717, 1.165) is 29.3 Å². The summed E-state index contributed by atoms with van der Waals surface area (Å²) in [5.74, 6) is -8.78. The molecule has 3 aliphatic heterocycles. The van der Waals surface area contributed by atoms with Crippen molar-refractivity contribution in [3.05, 3.63) is 71.9 Å². The number of aliphatic carboxylic acids is 3. The third-order valence-electron chi connectivity index (χ3n) is 14.1. The van der Waals surface area contributed by atoms with Gasteiger partial charge in [0.05, 0.1) is 62.2 Å². The van der Waals surface area contributed by atoms with E-state index in [-0.39, 0.29) is 76.1 Å². The van der Waals surface area contributed by atoms with Gasteiger partial charge in [0.15, 0.2) is 9.84 Å². The van der Waals surface area contributed by atoms with Crippen molar-refractivity contribution >= 4 is 68.0 Å². The summed E-state index contributed by atoms with van der Waals surface area (Å²) in [6.45, 7) is 3.58. The molecule has 0 bridgehead atoms. The lowest BCUT2D eigenvalue weighted by Gasteiger charge is -2.37. The number of sulfone groups is 1. The lowest BCUT2D eigenvalue weighted by atomic mass is 9.96. The van der Waals surface area contributed by atoms with Crippen molar-refractivity contribution < 1.29 is 66.1 Å². The highest BCUT2D eigenvalue weighted by Gasteiger charge is 2.47. The number of carbonyl (C=O) groups excluding carboxylic acids is 4. The average molecular weight is 1140 g/mol. The number of nitrogens with zero attached hydrogens (tertiary/aromatic N) is 10. The average Bonchev–Trinajstić information content (AvgIpc) is 3.76. The van der Waals surface area contributed by atoms with Gasteiger partial charge in [-0.25, -0.2) is 17.2 Å². The van der Waals surface area contributed by atoms with Crippen molar-refractivity contribution in [1.82, 2.24) is 49.9 Å². The zero-order chi connectivity index (χ0) is 58.1. The van der Waals surface area contributed by atoms with E-state index in [9.17, 15) is 71.3 Å². The van der Waals surface area contributed by atoms with Crippen LogP contribution in [0.2, 0.25) is 0 Å². The Labute approximate surface area is 463 Å². The van der Waals surface area contributed by atoms with Crippen LogP contribution < -0.4 is 15.5 Å². The Hall–Kier alpha value is -7.22. The van der Waals surface area contributed by atoms with Gasteiger partial charge in [0.2, 0.25) is 17.7 Å². The van der Waals surface area contributed by atoms with Gasteiger partial charge in [-0.1, -0.05) is 30.3 Å². The standard InChI is InChI=1S/C53H70F2N12O12S/c1-60(12-4-13-61-22-24-66(25-23-61)47(70)33-62-14-16-63(34-48(71)72)18-20-65(36-50(75)76)21-19-64(17-15-62)35-49(73)74)40-10-11-44-42(27-40)51(52(77)59-32-46(69)67-37-53(54,55)28-41(67)29-56)43(31-57-44)39-8-6-38(7-9-39)30-58-45(68)5-3-26-80(2,78)79/h3,5-11,27,31,41H,4,12-26,28,30,32-37H2,1-2H3,(H,58,68)(H,59,77)(H,71,72)(H,73,74)(H,75,76)/b5-3+/t41-/m0/s1. The van der Waals surface area contributed by atoms with Crippen LogP contribution >= 0.6 is 0 Å². The van der Waals surface area contributed by atoms with Crippen molar-refractivity contribution in [2.45, 2.75) is 31.4 Å². The van der Waals surface area contributed by atoms with Crippen LogP contribution in [-0.4, -0.2) is 266 Å². The molecule has 3 saturated heterocycles. The number of carbonyl (C=O) groups is 7. The van der Waals surface area contributed by atoms with E-state index < -0.39 is 76.9 Å². The molecule has 4 heterocycles. The second kappa shape index (κ2) is 28.8. The van der Waals surface area contributed by atoms with Crippen molar-refractivity contribution in [2.24, 2.45) is 0 Å². The summed E-state index contributed by atoms with van der Waals surface area (Å²) >= 11 is 0. The molecule has 0 unspecified atom stereocenters. The van der Waals surface area contributed by atoms with E-state index >= 15 is 0 Å². The Morgan fingerprint density at radius 2 is 1.32 bits per heavy atom. The number of amides is 4. The number of aromatic nitrogens is 1. The maximum atomic E-state index is 14.3. The quantitative estimate of drug-likeness (QED) is 0.0831. The van der Waals surface area contributed by atoms with Crippen LogP contribution in [0, 0.1) is 11.3 Å². The fraction of sp³-hybridized carbons (Fsp3) is 0.528. The number of carboxylic acid groups (broad SMARTS) is 3. The molecular weight excluding hydrogens is 1070 g/mol. The second-order valence-electron chi connectivity index (χ2n) is 20.4. The molecule has 4 amide bonds. The summed E-state index contributed by atoms with van der Waals surface area (Å²) in [4.78, 5) is 107. The molecule has 0 aliphatic carbocycles. The maximum absolute atomic E-state index is 14.3. The summed E-state index contributed by atoms with van der Waals surface area (Å²) in [6.07, 6.45) is 4.88. The van der Waals surface area contributed by atoms with Gasteiger partial charge in [-0.3, -0.25) is 63.0 Å². The Kier molecular flexibility index (Phi) is 22.3. The van der Waals surface area contributed by atoms with Crippen molar-refractivity contribution in [3.8, 4) is 17.2 Å². The van der Waals surface area contributed by atoms with Gasteiger partial charge in [0.1, 0.15) is 6.04 Å². The molecule has 0 radical (unpaired) electrons. The van der Waals surface area contributed by atoms with Crippen molar-refractivity contribution in [3.63, 3.8) is 0 Å². The number of carboxylic acids is 3. The van der Waals surface area contributed by atoms with Crippen LogP contribution in [-0.2, 0) is 45.1 Å². The van der Waals surface area contributed by atoms with E-state index in [1.165, 1.54) is 12.3 Å². The van der Waals surface area contributed by atoms with Gasteiger partial charge in [-0.2, -0.15) is 5.26 Å². The van der Waals surface area contributed by atoms with Crippen LogP contribution in [0.3, 0.4) is 0 Å². The summed E-state index contributed by atoms with van der Waals surface area (Å²) in [6, 6.07) is 12.7. The number of hydrogen-bond acceptors (Lipinski definition) is 17. The van der Waals surface area contributed by atoms with Crippen molar-refractivity contribution in [2.75, 3.05) is 155 Å². The smallest absolute Gasteiger partial charge is 0.317 e. The third kappa shape index (κ3) is 19.3. The van der Waals surface area contributed by atoms with E-state index in [1.807, 2.05) is 29.0 Å². The Morgan fingerprint density at radius 1 is 0.775 bits per heavy atom. The number of halogens is 2. The van der Waals surface area contributed by atoms with Gasteiger partial charge >= 0.3 is 17.9 Å². The number of piperazine rings is 1. The minimum Gasteiger partial charge on any atom is -0.480 e. The van der Waals surface area contributed by atoms with Gasteiger partial charge in [0, 0.05) is 134 Å². The highest BCUT2D eigenvalue weighted by molar-refractivity contribution is 7.90. The molecule has 24 nitrogen and oxygen atoms in total. The number of alkyl halides is 2. The number of benzene rings is 2. The van der Waals surface area contributed by atoms with Gasteiger partial charge < -0.3 is 40.7 Å². The van der Waals surface area contributed by atoms with Gasteiger partial charge in [0.25, 0.3) is 11.8 Å². The largest absolute Gasteiger partial charge is 0.480 e. The molecule has 80 heavy (non-hydrogen) atoms. The minimum atomic E-state index is -3.29. The molecule has 1 aromatic heterocycles. The van der Waals surface area contributed by atoms with Gasteiger partial charge in [-0.15, -0.1) is 0 Å². The predicted molar refractivity (Wildman–Crippen MR) is 290 cm³/mol. The SMILES string of the molecule is CN(CCCN1CCN(C(=O)CN2CCN(CC(=O)O)CCN(CC(=O)O)CCN(CC(=O)O)CC2)CC1)c1ccc2ncc(-c3ccc(CNC(=O)/C=C/CS(C)(=O)=O)cc3)c(C(=O)NCC(=O)N3CC(F)(F)C[C@H]3C#N)c2c1. The number of fused-ring (bicyclic) bond motifs is 1. The molecule has 1 atom stereocenters. The molecule has 0 spiro atoms. The monoisotopic (exact) mass is 1140 g/mol. The number of hydrogen-bond donors (Lipinski definition) is 5. The highest BCUT2D eigenvalue weighted by atomic mass is 32.2. The summed E-state index contributed by atoms with van der Waals surface area (Å²) in [5.41, 5.74) is 2.98. The highest BCUT2D eigenvalue weighted by Crippen LogP contribution is 2.33. The first-order valence-corrected chi connectivity index (χ1v) is 28.3. The predicted octanol–water partition coefficient (Wildman–Crippen LogP) is 0.0543. The van der Waals surface area contributed by atoms with E-state index in [2.05, 4.69) is 20.5 Å². The molecule has 0 saturated carbocycles. The summed E-state index contributed by atoms with van der Waals surface area (Å²) in [5, 5.41) is 43.8. The molecule has 27 heteroatoms. The number of rotatable bonds is 22. The molecule has 3 aliphatic rings. The second-order valence-corrected chi connectivity index (χ2v) is 22.5. The molecule has 5 N–H and O–H groups in total. The third-order valence-corrected chi connectivity index (χ3v) is 14.9. The van der Waals surface area contributed by atoms with Crippen LogP contribution in [0.4, 0.5) is 14.5 Å². The Balaban J connectivity index is 1.09. The number of nitrogens with one attached hydrogen (secondary N) is 2. The number of pyridine rings is 1. The van der Waals surface area contributed by atoms with Gasteiger partial charge in [-0.05, 0) is 48.4 Å². The van der Waals surface area contributed by atoms with E-state index in [0.29, 0.717) is 93.0 Å². The molecule has 6 rings (SSSR count). The first kappa shape index (κ1) is 62.0. The lowest BCUT2D eigenvalue weighted by molar-refractivity contribution is -0.141. The van der Waals surface area contributed by atoms with Crippen molar-refractivity contribution in [1.29, 1.82) is 5.26 Å². The molecular formula is C53H70F2N12O12S. The minimum absolute atomic E-state index is 0.0508. The zero-order valence-corrected chi connectivity index (χ0v) is 45.8. The fourth-order valence-corrected chi connectivity index (χ4v) is 10.2. The Bertz CT molecular complexity index is 2870. The Morgan fingerprint density at radius 3 is 1.86 bits per heavy atom. The molecule has 3 fully saturated rings. The van der Waals surface area contributed by atoms with Crippen LogP contribution in [0.25, 0.3) is 22.0 Å².